The molecule has 0 radical (unpaired) electrons. The van der Waals surface area contributed by atoms with Gasteiger partial charge in [-0.15, -0.1) is 0 Å². The molecule has 2 rings (SSSR count). The Morgan fingerprint density at radius 2 is 1.68 bits per heavy atom. The van der Waals surface area contributed by atoms with Crippen LogP contribution in [0.5, 0.6) is 0 Å². The highest BCUT2D eigenvalue weighted by Gasteiger charge is 2.16. The molecule has 2 aromatic rings. The first-order chi connectivity index (χ1) is 9.02. The number of carbonyl (C=O) groups is 1. The van der Waals surface area contributed by atoms with Gasteiger partial charge in [-0.25, -0.2) is 13.6 Å². The molecule has 0 spiro atoms. The van der Waals surface area contributed by atoms with E-state index in [0.717, 1.165) is 5.56 Å². The zero-order valence-corrected chi connectivity index (χ0v) is 10.9. The van der Waals surface area contributed by atoms with Crippen molar-refractivity contribution >= 4 is 16.3 Å². The fourth-order valence-electron chi connectivity index (χ4n) is 1.95. The Hall–Kier alpha value is -1.98. The van der Waals surface area contributed by atoms with Crippen molar-refractivity contribution in [2.24, 2.45) is 5.14 Å². The average Bonchev–Trinajstić information content (AvgIpc) is 2.39. The molecule has 0 unspecified atom stereocenters. The van der Waals surface area contributed by atoms with Crippen LogP contribution in [-0.4, -0.2) is 14.7 Å². The van der Waals surface area contributed by atoms with Gasteiger partial charge in [-0.1, -0.05) is 42.5 Å². The number of aldehydes is 1. The van der Waals surface area contributed by atoms with Crippen molar-refractivity contribution in [3.05, 3.63) is 65.2 Å². The second kappa shape index (κ2) is 5.34. The molecule has 4 nitrogen and oxygen atoms in total. The number of rotatable bonds is 4. The summed E-state index contributed by atoms with van der Waals surface area (Å²) in [6.45, 7) is 0. The van der Waals surface area contributed by atoms with Crippen molar-refractivity contribution in [3.63, 3.8) is 0 Å². The lowest BCUT2D eigenvalue weighted by Crippen LogP contribution is -2.16. The Morgan fingerprint density at radius 1 is 1.00 bits per heavy atom. The smallest absolute Gasteiger partial charge is 0.238 e. The first-order valence-corrected chi connectivity index (χ1v) is 7.21. The molecule has 2 N–H and O–H groups in total. The highest BCUT2D eigenvalue weighted by atomic mass is 32.2. The van der Waals surface area contributed by atoms with Crippen LogP contribution in [0, 0.1) is 0 Å². The molecule has 0 aliphatic heterocycles. The SMILES string of the molecule is NS(=O)(=O)c1cccc(C=O)c1Cc1ccccc1. The number of hydrogen-bond donors (Lipinski definition) is 1. The molecule has 2 aromatic carbocycles. The second-order valence-corrected chi connectivity index (χ2v) is 5.68. The highest BCUT2D eigenvalue weighted by Crippen LogP contribution is 2.21. The largest absolute Gasteiger partial charge is 0.298 e. The number of benzene rings is 2. The van der Waals surface area contributed by atoms with Crippen molar-refractivity contribution in [1.82, 2.24) is 0 Å². The molecule has 0 aromatic heterocycles. The van der Waals surface area contributed by atoms with Crippen LogP contribution in [0.3, 0.4) is 0 Å². The van der Waals surface area contributed by atoms with E-state index in [1.807, 2.05) is 30.3 Å². The zero-order chi connectivity index (χ0) is 13.9. The minimum absolute atomic E-state index is 0.000882. The van der Waals surface area contributed by atoms with Crippen molar-refractivity contribution in [1.29, 1.82) is 0 Å². The minimum atomic E-state index is -3.85. The van der Waals surface area contributed by atoms with E-state index in [4.69, 9.17) is 5.14 Å². The Kier molecular flexibility index (Phi) is 3.78. The topological polar surface area (TPSA) is 77.2 Å². The molecule has 0 aliphatic carbocycles. The molecule has 0 heterocycles. The second-order valence-electron chi connectivity index (χ2n) is 4.15. The van der Waals surface area contributed by atoms with Crippen molar-refractivity contribution in [3.8, 4) is 0 Å². The zero-order valence-electron chi connectivity index (χ0n) is 10.1. The molecule has 0 aliphatic rings. The van der Waals surface area contributed by atoms with E-state index >= 15 is 0 Å². The standard InChI is InChI=1S/C14H13NO3S/c15-19(17,18)14-8-4-7-12(10-16)13(14)9-11-5-2-1-3-6-11/h1-8,10H,9H2,(H2,15,17,18). The summed E-state index contributed by atoms with van der Waals surface area (Å²) in [6, 6.07) is 13.8. The van der Waals surface area contributed by atoms with E-state index in [9.17, 15) is 13.2 Å². The monoisotopic (exact) mass is 275 g/mol. The first-order valence-electron chi connectivity index (χ1n) is 5.66. The van der Waals surface area contributed by atoms with E-state index in [2.05, 4.69) is 0 Å². The third-order valence-corrected chi connectivity index (χ3v) is 3.82. The molecular formula is C14H13NO3S. The van der Waals surface area contributed by atoms with Gasteiger partial charge < -0.3 is 0 Å². The minimum Gasteiger partial charge on any atom is -0.298 e. The third kappa shape index (κ3) is 3.07. The van der Waals surface area contributed by atoms with E-state index in [-0.39, 0.29) is 4.90 Å². The van der Waals surface area contributed by atoms with Gasteiger partial charge in [0.15, 0.2) is 0 Å². The lowest BCUT2D eigenvalue weighted by atomic mass is 10.0. The van der Waals surface area contributed by atoms with Crippen LogP contribution in [-0.2, 0) is 16.4 Å². The van der Waals surface area contributed by atoms with Gasteiger partial charge in [0, 0.05) is 5.56 Å². The maximum Gasteiger partial charge on any atom is 0.238 e. The van der Waals surface area contributed by atoms with E-state index < -0.39 is 10.0 Å². The quantitative estimate of drug-likeness (QED) is 0.863. The predicted molar refractivity (Wildman–Crippen MR) is 72.5 cm³/mol. The number of primary sulfonamides is 1. The molecule has 98 valence electrons. The molecule has 0 fully saturated rings. The molecule has 0 saturated heterocycles. The van der Waals surface area contributed by atoms with Gasteiger partial charge in [-0.05, 0) is 23.6 Å². The fourth-order valence-corrected chi connectivity index (χ4v) is 2.75. The molecule has 0 bridgehead atoms. The predicted octanol–water partition coefficient (Wildman–Crippen LogP) is 1.74. The van der Waals surface area contributed by atoms with Gasteiger partial charge in [-0.2, -0.15) is 0 Å². The van der Waals surface area contributed by atoms with Crippen molar-refractivity contribution < 1.29 is 13.2 Å². The summed E-state index contributed by atoms with van der Waals surface area (Å²) in [5, 5.41) is 5.19. The lowest BCUT2D eigenvalue weighted by molar-refractivity contribution is 0.112. The Morgan fingerprint density at radius 3 is 2.26 bits per heavy atom. The maximum absolute atomic E-state index is 11.6. The van der Waals surface area contributed by atoms with E-state index in [0.29, 0.717) is 23.8 Å². The van der Waals surface area contributed by atoms with Crippen LogP contribution in [0.1, 0.15) is 21.5 Å². The van der Waals surface area contributed by atoms with Gasteiger partial charge in [0.1, 0.15) is 6.29 Å². The molecule has 19 heavy (non-hydrogen) atoms. The Labute approximate surface area is 111 Å². The summed E-state index contributed by atoms with van der Waals surface area (Å²) in [4.78, 5) is 11.1. The average molecular weight is 275 g/mol. The van der Waals surface area contributed by atoms with Crippen molar-refractivity contribution in [2.45, 2.75) is 11.3 Å². The van der Waals surface area contributed by atoms with Gasteiger partial charge >= 0.3 is 0 Å². The Balaban J connectivity index is 2.57. The third-order valence-electron chi connectivity index (χ3n) is 2.83. The number of nitrogens with two attached hydrogens (primary N) is 1. The molecule has 0 atom stereocenters. The normalized spacial score (nSPS) is 11.2. The van der Waals surface area contributed by atoms with Gasteiger partial charge in [0.05, 0.1) is 4.90 Å². The molecule has 0 amide bonds. The van der Waals surface area contributed by atoms with E-state index in [1.54, 1.807) is 6.07 Å². The summed E-state index contributed by atoms with van der Waals surface area (Å²) in [7, 11) is -3.85. The molecule has 5 heteroatoms. The van der Waals surface area contributed by atoms with Crippen LogP contribution in [0.4, 0.5) is 0 Å². The molecular weight excluding hydrogens is 262 g/mol. The summed E-state index contributed by atoms with van der Waals surface area (Å²) >= 11 is 0. The van der Waals surface area contributed by atoms with Gasteiger partial charge in [-0.3, -0.25) is 4.79 Å². The van der Waals surface area contributed by atoms with Crippen LogP contribution in [0.25, 0.3) is 0 Å². The van der Waals surface area contributed by atoms with Gasteiger partial charge in [0.25, 0.3) is 0 Å². The maximum atomic E-state index is 11.6. The number of sulfonamides is 1. The summed E-state index contributed by atoms with van der Waals surface area (Å²) in [6.07, 6.45) is 0.995. The summed E-state index contributed by atoms with van der Waals surface area (Å²) in [5.74, 6) is 0. The summed E-state index contributed by atoms with van der Waals surface area (Å²) < 4.78 is 23.1. The van der Waals surface area contributed by atoms with Crippen LogP contribution in [0.15, 0.2) is 53.4 Å². The first kappa shape index (κ1) is 13.5. The fraction of sp³-hybridized carbons (Fsp3) is 0.0714. The van der Waals surface area contributed by atoms with E-state index in [1.165, 1.54) is 12.1 Å². The van der Waals surface area contributed by atoms with Crippen LogP contribution >= 0.6 is 0 Å². The van der Waals surface area contributed by atoms with Crippen LogP contribution < -0.4 is 5.14 Å². The Bertz CT molecular complexity index is 694. The molecule has 0 saturated carbocycles. The van der Waals surface area contributed by atoms with Crippen LogP contribution in [0.2, 0.25) is 0 Å². The van der Waals surface area contributed by atoms with Gasteiger partial charge in [0.2, 0.25) is 10.0 Å². The van der Waals surface area contributed by atoms with Crippen molar-refractivity contribution in [2.75, 3.05) is 0 Å². The lowest BCUT2D eigenvalue weighted by Gasteiger charge is -2.10. The highest BCUT2D eigenvalue weighted by molar-refractivity contribution is 7.89. The number of carbonyl (C=O) groups excluding carboxylic acids is 1. The number of hydrogen-bond acceptors (Lipinski definition) is 3. The summed E-state index contributed by atoms with van der Waals surface area (Å²) in [5.41, 5.74) is 1.70.